The molecule has 150 valence electrons. The molecule has 0 aliphatic rings. The summed E-state index contributed by atoms with van der Waals surface area (Å²) in [7, 11) is -0.839. The quantitative estimate of drug-likeness (QED) is 0.355. The molecular weight excluding hydrogens is 412 g/mol. The van der Waals surface area contributed by atoms with E-state index in [0.717, 1.165) is 18.3 Å². The van der Waals surface area contributed by atoms with Gasteiger partial charge in [-0.25, -0.2) is 18.2 Å². The first kappa shape index (κ1) is 20.3. The number of amides is 1. The summed E-state index contributed by atoms with van der Waals surface area (Å²) < 4.78 is 57.4. The summed E-state index contributed by atoms with van der Waals surface area (Å²) in [5.41, 5.74) is -0.758. The first-order chi connectivity index (χ1) is 13.2. The summed E-state index contributed by atoms with van der Waals surface area (Å²) in [5, 5.41) is 2.42. The number of rotatable bonds is 6. The number of fused-ring (bicyclic) bond motifs is 1. The Balaban J connectivity index is 1.90. The number of anilines is 2. The third kappa shape index (κ3) is 4.18. The standard InChI is InChI=1S/C17H18F3N4O2PS/c1-2-5-28(26,27)24-13-4-3-11(18)14(15(13)20)17(25)23-9-6-10-12(19)8-22-16(10)21-7-9/h3-4,6-8,28H,2,5,27H2,1H3,(H,21,22)(H,23,25)(H,24,26). The van der Waals surface area contributed by atoms with Gasteiger partial charge in [-0.1, -0.05) is 6.92 Å². The molecule has 0 fully saturated rings. The third-order valence-corrected chi connectivity index (χ3v) is 6.82. The highest BCUT2D eigenvalue weighted by molar-refractivity contribution is 8.46. The van der Waals surface area contributed by atoms with E-state index in [4.69, 9.17) is 0 Å². The molecule has 0 aliphatic heterocycles. The Morgan fingerprint density at radius 1 is 1.29 bits per heavy atom. The van der Waals surface area contributed by atoms with Gasteiger partial charge in [0.15, 0.2) is 5.82 Å². The van der Waals surface area contributed by atoms with Crippen molar-refractivity contribution in [1.82, 2.24) is 9.97 Å². The van der Waals surface area contributed by atoms with Crippen molar-refractivity contribution in [3.63, 3.8) is 0 Å². The molecule has 0 bridgehead atoms. The summed E-state index contributed by atoms with van der Waals surface area (Å²) in [6.07, 6.45) is 2.93. The largest absolute Gasteiger partial charge is 0.343 e. The predicted octanol–water partition coefficient (Wildman–Crippen LogP) is 3.78. The normalized spacial score (nSPS) is 12.2. The van der Waals surface area contributed by atoms with Gasteiger partial charge in [-0.15, -0.1) is 0 Å². The number of hydrogen-bond acceptors (Lipinski definition) is 3. The van der Waals surface area contributed by atoms with Crippen molar-refractivity contribution in [2.75, 3.05) is 15.8 Å². The van der Waals surface area contributed by atoms with Crippen molar-refractivity contribution < 1.29 is 22.2 Å². The zero-order valence-corrected chi connectivity index (χ0v) is 16.8. The minimum atomic E-state index is -2.98. The van der Waals surface area contributed by atoms with E-state index in [1.165, 1.54) is 12.3 Å². The molecule has 2 heterocycles. The highest BCUT2D eigenvalue weighted by Gasteiger charge is 2.22. The lowest BCUT2D eigenvalue weighted by Gasteiger charge is -2.22. The Morgan fingerprint density at radius 3 is 2.75 bits per heavy atom. The van der Waals surface area contributed by atoms with Crippen molar-refractivity contribution in [2.24, 2.45) is 0 Å². The maximum absolute atomic E-state index is 14.8. The second-order valence-electron chi connectivity index (χ2n) is 6.13. The van der Waals surface area contributed by atoms with Crippen LogP contribution in [0, 0.1) is 17.5 Å². The lowest BCUT2D eigenvalue weighted by Crippen LogP contribution is -2.21. The third-order valence-electron chi connectivity index (χ3n) is 3.92. The van der Waals surface area contributed by atoms with Gasteiger partial charge in [0.05, 0.1) is 23.0 Å². The monoisotopic (exact) mass is 430 g/mol. The van der Waals surface area contributed by atoms with Crippen LogP contribution in [0.3, 0.4) is 0 Å². The van der Waals surface area contributed by atoms with E-state index in [1.54, 1.807) is 0 Å². The number of pyridine rings is 1. The zero-order valence-electron chi connectivity index (χ0n) is 14.7. The minimum absolute atomic E-state index is 0.0656. The number of benzene rings is 1. The van der Waals surface area contributed by atoms with Crippen molar-refractivity contribution in [1.29, 1.82) is 0 Å². The average Bonchev–Trinajstić information content (AvgIpc) is 2.98. The summed E-state index contributed by atoms with van der Waals surface area (Å²) >= 11 is 0. The first-order valence-corrected chi connectivity index (χ1v) is 11.8. The van der Waals surface area contributed by atoms with E-state index in [-0.39, 0.29) is 28.2 Å². The van der Waals surface area contributed by atoms with Gasteiger partial charge in [0, 0.05) is 11.9 Å². The fourth-order valence-corrected chi connectivity index (χ4v) is 5.22. The molecule has 6 nitrogen and oxygen atoms in total. The fourth-order valence-electron chi connectivity index (χ4n) is 2.67. The molecule has 1 amide bonds. The number of thiol groups is 1. The molecule has 3 N–H and O–H groups in total. The van der Waals surface area contributed by atoms with Gasteiger partial charge < -0.3 is 15.0 Å². The molecule has 3 rings (SSSR count). The van der Waals surface area contributed by atoms with E-state index in [9.17, 15) is 22.2 Å². The molecule has 28 heavy (non-hydrogen) atoms. The highest BCUT2D eigenvalue weighted by atomic mass is 32.8. The number of nitrogens with one attached hydrogen (secondary N) is 3. The Labute approximate surface area is 161 Å². The number of carbonyl (C=O) groups excluding carboxylic acids is 1. The summed E-state index contributed by atoms with van der Waals surface area (Å²) in [4.78, 5) is 19.0. The summed E-state index contributed by atoms with van der Waals surface area (Å²) in [6, 6.07) is 3.28. The van der Waals surface area contributed by atoms with Crippen LogP contribution >= 0.6 is 8.44 Å². The Morgan fingerprint density at radius 2 is 2.04 bits per heavy atom. The topological polar surface area (TPSA) is 86.9 Å². The van der Waals surface area contributed by atoms with Gasteiger partial charge in [-0.05, 0) is 42.8 Å². The van der Waals surface area contributed by atoms with Gasteiger partial charge in [0.1, 0.15) is 22.8 Å². The lowest BCUT2D eigenvalue weighted by molar-refractivity contribution is 0.101. The first-order valence-electron chi connectivity index (χ1n) is 8.29. The minimum Gasteiger partial charge on any atom is -0.343 e. The summed E-state index contributed by atoms with van der Waals surface area (Å²) in [5.74, 6) is -3.63. The van der Waals surface area contributed by atoms with Crippen LogP contribution < -0.4 is 10.0 Å². The van der Waals surface area contributed by atoms with Crippen LogP contribution in [0.25, 0.3) is 11.0 Å². The van der Waals surface area contributed by atoms with Crippen LogP contribution in [0.5, 0.6) is 0 Å². The maximum atomic E-state index is 14.8. The van der Waals surface area contributed by atoms with Crippen LogP contribution in [0.15, 0.2) is 30.6 Å². The van der Waals surface area contributed by atoms with Crippen LogP contribution in [0.4, 0.5) is 24.5 Å². The second-order valence-corrected chi connectivity index (χ2v) is 10.9. The van der Waals surface area contributed by atoms with Crippen LogP contribution in [0.2, 0.25) is 0 Å². The van der Waals surface area contributed by atoms with E-state index in [0.29, 0.717) is 6.42 Å². The van der Waals surface area contributed by atoms with Crippen molar-refractivity contribution in [3.8, 4) is 0 Å². The van der Waals surface area contributed by atoms with Gasteiger partial charge in [-0.3, -0.25) is 9.00 Å². The van der Waals surface area contributed by atoms with E-state index < -0.39 is 38.7 Å². The number of aromatic amines is 1. The van der Waals surface area contributed by atoms with E-state index in [1.807, 2.05) is 6.92 Å². The average molecular weight is 430 g/mol. The van der Waals surface area contributed by atoms with Gasteiger partial charge in [0.2, 0.25) is 0 Å². The number of nitrogens with zero attached hydrogens (tertiary/aromatic N) is 1. The molecular formula is C17H18F3N4O2PS. The molecule has 0 saturated carbocycles. The number of halogens is 3. The van der Waals surface area contributed by atoms with Gasteiger partial charge >= 0.3 is 0 Å². The van der Waals surface area contributed by atoms with Gasteiger partial charge in [0.25, 0.3) is 5.91 Å². The molecule has 2 aromatic heterocycles. The number of carbonyl (C=O) groups is 1. The molecule has 0 saturated heterocycles. The Hall–Kier alpha value is -2.45. The number of aromatic nitrogens is 2. The fraction of sp³-hybridized carbons (Fsp3) is 0.176. The van der Waals surface area contributed by atoms with Crippen molar-refractivity contribution >= 4 is 46.5 Å². The molecule has 0 spiro atoms. The molecule has 0 radical (unpaired) electrons. The van der Waals surface area contributed by atoms with Crippen molar-refractivity contribution in [2.45, 2.75) is 13.3 Å². The molecule has 1 atom stereocenters. The molecule has 3 aromatic rings. The molecule has 0 aliphatic carbocycles. The van der Waals surface area contributed by atoms with E-state index >= 15 is 0 Å². The van der Waals surface area contributed by atoms with Crippen LogP contribution in [-0.2, 0) is 9.74 Å². The van der Waals surface area contributed by atoms with Crippen molar-refractivity contribution in [3.05, 3.63) is 53.6 Å². The smallest absolute Gasteiger partial charge is 0.261 e. The number of hydrogen-bond donors (Lipinski definition) is 4. The molecule has 1 aromatic carbocycles. The summed E-state index contributed by atoms with van der Waals surface area (Å²) in [6.45, 7) is 1.82. The Bertz CT molecular complexity index is 1110. The predicted molar refractivity (Wildman–Crippen MR) is 108 cm³/mol. The highest BCUT2D eigenvalue weighted by Crippen LogP contribution is 2.27. The van der Waals surface area contributed by atoms with Crippen LogP contribution in [-0.4, -0.2) is 25.8 Å². The van der Waals surface area contributed by atoms with Gasteiger partial charge in [-0.2, -0.15) is 0 Å². The molecule has 11 heteroatoms. The van der Waals surface area contributed by atoms with E-state index in [2.05, 4.69) is 28.4 Å². The molecule has 1 unspecified atom stereocenters. The Kier molecular flexibility index (Phi) is 5.71. The number of H-pyrrole nitrogens is 1. The SMILES string of the molecule is CCC[SH](=O)(P)Nc1ccc(F)c(C(=O)Nc2cnc3[nH]cc(F)c3c2)c1F. The lowest BCUT2D eigenvalue weighted by atomic mass is 10.1. The second kappa shape index (κ2) is 7.89. The zero-order chi connectivity index (χ0) is 20.5. The van der Waals surface area contributed by atoms with Crippen LogP contribution in [0.1, 0.15) is 23.7 Å². The maximum Gasteiger partial charge on any atom is 0.261 e.